The topological polar surface area (TPSA) is 175 Å². The largest absolute Gasteiger partial charge is 0.461 e. The molecule has 2 aromatic rings. The lowest BCUT2D eigenvalue weighted by atomic mass is 9.99. The molecule has 4 aliphatic rings. The summed E-state index contributed by atoms with van der Waals surface area (Å²) in [6, 6.07) is 3.16. The van der Waals surface area contributed by atoms with Crippen molar-refractivity contribution in [3.05, 3.63) is 70.8 Å². The molecule has 16 heteroatoms. The van der Waals surface area contributed by atoms with Crippen molar-refractivity contribution >= 4 is 41.4 Å². The molecule has 0 saturated carbocycles. The van der Waals surface area contributed by atoms with Crippen molar-refractivity contribution in [3.63, 3.8) is 0 Å². The molecule has 0 radical (unpaired) electrons. The molecule has 6 rings (SSSR count). The molecular weight excluding hydrogens is 754 g/mol. The SMILES string of the molecule is CCc1ccc(CC(=O)N[C@@H](Cc2cc(F)cc(F)c2)C(=O)N[C@H]2COC(=O)[C@@H]3C[C@H](C)CN3C(=O)[C@H](C)NC(=O)[C@@H]3CCCCN3C(=O)[C@@H]3CCCN3C2=O)cc1. The fourth-order valence-corrected chi connectivity index (χ4v) is 8.49. The van der Waals surface area contributed by atoms with Crippen LogP contribution in [0, 0.1) is 17.6 Å². The molecule has 4 fully saturated rings. The van der Waals surface area contributed by atoms with Crippen LogP contribution < -0.4 is 16.0 Å². The molecule has 4 saturated heterocycles. The zero-order valence-corrected chi connectivity index (χ0v) is 33.1. The maximum absolute atomic E-state index is 14.5. The number of carbonyl (C=O) groups is 7. The number of nitrogens with one attached hydrogen (secondary N) is 3. The number of fused-ring (bicyclic) bond motifs is 3. The molecule has 0 aromatic heterocycles. The number of benzene rings is 2. The van der Waals surface area contributed by atoms with Gasteiger partial charge in [0.2, 0.25) is 35.4 Å². The number of rotatable bonds is 8. The number of aryl methyl sites for hydroxylation is 1. The lowest BCUT2D eigenvalue weighted by Gasteiger charge is -2.39. The van der Waals surface area contributed by atoms with E-state index < -0.39 is 95.9 Å². The third-order valence-electron chi connectivity index (χ3n) is 11.5. The standard InChI is InChI=1S/C42H52F2N6O8/c1-4-26-10-12-27(13-11-26)20-36(51)46-31(19-28-17-29(43)21-30(44)18-28)37(52)47-32-23-58-42(57)35-16-24(2)22-50(35)39(54)25(3)45-38(53)33-8-5-6-14-48(33)41(56)34-9-7-15-49(34)40(32)55/h10-13,17-18,21,24-25,31-35H,4-9,14-16,19-20,22-23H2,1-3H3,(H,45,53)(H,46,51)(H,47,52)/t24-,25-,31-,32-,33-,34-,35-/m0/s1. The van der Waals surface area contributed by atoms with Gasteiger partial charge in [-0.2, -0.15) is 0 Å². The number of esters is 1. The van der Waals surface area contributed by atoms with Gasteiger partial charge >= 0.3 is 5.97 Å². The fraction of sp³-hybridized carbons (Fsp3) is 0.548. The van der Waals surface area contributed by atoms with Crippen molar-refractivity contribution in [2.24, 2.45) is 5.92 Å². The van der Waals surface area contributed by atoms with Crippen LogP contribution in [0.25, 0.3) is 0 Å². The van der Waals surface area contributed by atoms with E-state index in [1.54, 1.807) is 12.1 Å². The summed E-state index contributed by atoms with van der Waals surface area (Å²) in [6.45, 7) is 5.34. The van der Waals surface area contributed by atoms with Gasteiger partial charge in [0.15, 0.2) is 0 Å². The van der Waals surface area contributed by atoms with Gasteiger partial charge < -0.3 is 35.4 Å². The Balaban J connectivity index is 1.31. The van der Waals surface area contributed by atoms with Gasteiger partial charge in [0.1, 0.15) is 54.5 Å². The van der Waals surface area contributed by atoms with Gasteiger partial charge in [-0.15, -0.1) is 0 Å². The maximum atomic E-state index is 14.5. The minimum absolute atomic E-state index is 0.0562. The van der Waals surface area contributed by atoms with E-state index in [4.69, 9.17) is 4.74 Å². The summed E-state index contributed by atoms with van der Waals surface area (Å²) in [6.07, 6.45) is 2.97. The molecule has 4 heterocycles. The highest BCUT2D eigenvalue weighted by Gasteiger charge is 2.46. The number of amides is 6. The van der Waals surface area contributed by atoms with Gasteiger partial charge in [-0.25, -0.2) is 13.6 Å². The van der Waals surface area contributed by atoms with Crippen molar-refractivity contribution in [2.45, 2.75) is 115 Å². The smallest absolute Gasteiger partial charge is 0.328 e. The molecule has 7 atom stereocenters. The van der Waals surface area contributed by atoms with Crippen LogP contribution in [0.1, 0.15) is 76.0 Å². The Morgan fingerprint density at radius 3 is 2.17 bits per heavy atom. The van der Waals surface area contributed by atoms with Gasteiger partial charge in [-0.3, -0.25) is 28.8 Å². The second-order valence-electron chi connectivity index (χ2n) is 16.0. The highest BCUT2D eigenvalue weighted by atomic mass is 19.1. The summed E-state index contributed by atoms with van der Waals surface area (Å²) in [5.74, 6) is -6.36. The normalized spacial score (nSPS) is 26.3. The molecule has 0 unspecified atom stereocenters. The molecule has 2 aromatic carbocycles. The molecule has 3 N–H and O–H groups in total. The Kier molecular flexibility index (Phi) is 13.4. The summed E-state index contributed by atoms with van der Waals surface area (Å²) in [4.78, 5) is 102. The Bertz CT molecular complexity index is 1890. The third kappa shape index (κ3) is 9.81. The number of hydrogen-bond donors (Lipinski definition) is 3. The summed E-state index contributed by atoms with van der Waals surface area (Å²) < 4.78 is 34.3. The molecule has 0 spiro atoms. The van der Waals surface area contributed by atoms with Crippen molar-refractivity contribution in [3.8, 4) is 0 Å². The summed E-state index contributed by atoms with van der Waals surface area (Å²) >= 11 is 0. The van der Waals surface area contributed by atoms with Gasteiger partial charge in [-0.05, 0) is 86.6 Å². The highest BCUT2D eigenvalue weighted by molar-refractivity contribution is 5.98. The van der Waals surface area contributed by atoms with Crippen LogP contribution in [-0.2, 0) is 57.6 Å². The van der Waals surface area contributed by atoms with E-state index in [0.29, 0.717) is 37.3 Å². The average molecular weight is 807 g/mol. The Morgan fingerprint density at radius 1 is 0.810 bits per heavy atom. The number of hydrogen-bond acceptors (Lipinski definition) is 8. The van der Waals surface area contributed by atoms with Crippen LogP contribution in [0.15, 0.2) is 42.5 Å². The maximum Gasteiger partial charge on any atom is 0.328 e. The van der Waals surface area contributed by atoms with E-state index in [9.17, 15) is 42.3 Å². The lowest BCUT2D eigenvalue weighted by Crippen LogP contribution is -2.62. The van der Waals surface area contributed by atoms with Crippen LogP contribution in [0.5, 0.6) is 0 Å². The first-order chi connectivity index (χ1) is 27.7. The lowest BCUT2D eigenvalue weighted by molar-refractivity contribution is -0.158. The van der Waals surface area contributed by atoms with E-state index in [1.165, 1.54) is 21.6 Å². The number of carbonyl (C=O) groups excluding carboxylic acids is 7. The second kappa shape index (κ2) is 18.5. The van der Waals surface area contributed by atoms with E-state index in [-0.39, 0.29) is 56.8 Å². The quantitative estimate of drug-likeness (QED) is 0.340. The van der Waals surface area contributed by atoms with Gasteiger partial charge in [-0.1, -0.05) is 38.1 Å². The molecule has 312 valence electrons. The van der Waals surface area contributed by atoms with Crippen molar-refractivity contribution in [1.82, 2.24) is 30.7 Å². The number of nitrogens with zero attached hydrogens (tertiary/aromatic N) is 3. The van der Waals surface area contributed by atoms with E-state index in [2.05, 4.69) is 16.0 Å². The molecule has 14 nitrogen and oxygen atoms in total. The molecule has 4 aliphatic heterocycles. The summed E-state index contributed by atoms with van der Waals surface area (Å²) in [5, 5.41) is 8.03. The first-order valence-corrected chi connectivity index (χ1v) is 20.2. The third-order valence-corrected chi connectivity index (χ3v) is 11.5. The predicted molar refractivity (Wildman–Crippen MR) is 205 cm³/mol. The Labute approximate surface area is 336 Å². The molecule has 0 bridgehead atoms. The minimum atomic E-state index is -1.56. The van der Waals surface area contributed by atoms with E-state index in [0.717, 1.165) is 24.1 Å². The minimum Gasteiger partial charge on any atom is -0.461 e. The first-order valence-electron chi connectivity index (χ1n) is 20.2. The van der Waals surface area contributed by atoms with Crippen LogP contribution in [-0.4, -0.2) is 119 Å². The fourth-order valence-electron chi connectivity index (χ4n) is 8.49. The summed E-state index contributed by atoms with van der Waals surface area (Å²) in [7, 11) is 0. The number of halogens is 2. The highest BCUT2D eigenvalue weighted by Crippen LogP contribution is 2.28. The van der Waals surface area contributed by atoms with Crippen molar-refractivity contribution < 1.29 is 47.1 Å². The van der Waals surface area contributed by atoms with E-state index in [1.807, 2.05) is 26.0 Å². The average Bonchev–Trinajstić information content (AvgIpc) is 3.85. The van der Waals surface area contributed by atoms with Crippen LogP contribution in [0.3, 0.4) is 0 Å². The van der Waals surface area contributed by atoms with E-state index >= 15 is 0 Å². The van der Waals surface area contributed by atoms with Crippen molar-refractivity contribution in [1.29, 1.82) is 0 Å². The van der Waals surface area contributed by atoms with Gasteiger partial charge in [0.25, 0.3) is 0 Å². The molecule has 6 amide bonds. The molecule has 58 heavy (non-hydrogen) atoms. The molecular formula is C42H52F2N6O8. The molecule has 0 aliphatic carbocycles. The summed E-state index contributed by atoms with van der Waals surface area (Å²) in [5.41, 5.74) is 1.78. The van der Waals surface area contributed by atoms with Crippen LogP contribution in [0.2, 0.25) is 0 Å². The number of ether oxygens (including phenoxy) is 1. The number of piperidine rings is 1. The van der Waals surface area contributed by atoms with Crippen molar-refractivity contribution in [2.75, 3.05) is 26.2 Å². The second-order valence-corrected chi connectivity index (χ2v) is 16.0. The van der Waals surface area contributed by atoms with Crippen LogP contribution >= 0.6 is 0 Å². The Hall–Kier alpha value is -5.41. The predicted octanol–water partition coefficient (Wildman–Crippen LogP) is 1.95. The zero-order chi connectivity index (χ0) is 41.7. The number of cyclic esters (lactones) is 1. The van der Waals surface area contributed by atoms with Gasteiger partial charge in [0, 0.05) is 32.1 Å². The van der Waals surface area contributed by atoms with Gasteiger partial charge in [0.05, 0.1) is 6.42 Å². The zero-order valence-electron chi connectivity index (χ0n) is 33.1. The monoisotopic (exact) mass is 806 g/mol. The van der Waals surface area contributed by atoms with Crippen LogP contribution in [0.4, 0.5) is 8.78 Å². The first kappa shape index (κ1) is 42.2. The Morgan fingerprint density at radius 2 is 1.47 bits per heavy atom.